The summed E-state index contributed by atoms with van der Waals surface area (Å²) in [6, 6.07) is 0. The number of rotatable bonds is 6. The van der Waals surface area contributed by atoms with E-state index in [0.29, 0.717) is 6.42 Å². The molecule has 0 saturated heterocycles. The molecule has 3 N–H and O–H groups in total. The van der Waals surface area contributed by atoms with Crippen molar-refractivity contribution in [2.24, 2.45) is 5.73 Å². The lowest BCUT2D eigenvalue weighted by Gasteiger charge is -2.29. The van der Waals surface area contributed by atoms with Crippen LogP contribution in [0, 0.1) is 5.41 Å². The molecule has 0 bridgehead atoms. The van der Waals surface area contributed by atoms with E-state index in [0.717, 1.165) is 12.8 Å². The summed E-state index contributed by atoms with van der Waals surface area (Å²) >= 11 is 0. The lowest BCUT2D eigenvalue weighted by atomic mass is 10.1. The van der Waals surface area contributed by atoms with E-state index in [1.54, 1.807) is 0 Å². The van der Waals surface area contributed by atoms with Gasteiger partial charge < -0.3 is 10.5 Å². The fourth-order valence-corrected chi connectivity index (χ4v) is 1.05. The van der Waals surface area contributed by atoms with Crippen molar-refractivity contribution in [3.8, 4) is 0 Å². The highest BCUT2D eigenvalue weighted by atomic mass is 16.5. The molecule has 0 heterocycles. The van der Waals surface area contributed by atoms with Crippen LogP contribution in [0.25, 0.3) is 0 Å². The molecule has 3 nitrogen and oxygen atoms in total. The van der Waals surface area contributed by atoms with E-state index in [9.17, 15) is 0 Å². The molecule has 13 heavy (non-hydrogen) atoms. The van der Waals surface area contributed by atoms with Crippen molar-refractivity contribution in [2.75, 3.05) is 0 Å². The maximum absolute atomic E-state index is 7.19. The first-order chi connectivity index (χ1) is 5.91. The van der Waals surface area contributed by atoms with Gasteiger partial charge in [0, 0.05) is 6.42 Å². The smallest absolute Gasteiger partial charge is 0.0931 e. The van der Waals surface area contributed by atoms with Crippen LogP contribution in [0.2, 0.25) is 0 Å². The third kappa shape index (κ3) is 5.64. The Bertz CT molecular complexity index is 166. The maximum Gasteiger partial charge on any atom is 0.0931 e. The van der Waals surface area contributed by atoms with Crippen LogP contribution in [0.1, 0.15) is 47.0 Å². The van der Waals surface area contributed by atoms with E-state index in [1.165, 1.54) is 0 Å². The zero-order valence-electron chi connectivity index (χ0n) is 9.18. The normalized spacial score (nSPS) is 14.2. The highest BCUT2D eigenvalue weighted by Crippen LogP contribution is 2.19. The third-order valence-corrected chi connectivity index (χ3v) is 2.24. The first kappa shape index (κ1) is 12.4. The molecule has 78 valence electrons. The van der Waals surface area contributed by atoms with Gasteiger partial charge >= 0.3 is 0 Å². The van der Waals surface area contributed by atoms with E-state index in [2.05, 4.69) is 27.7 Å². The van der Waals surface area contributed by atoms with Gasteiger partial charge in [-0.25, -0.2) is 0 Å². The lowest BCUT2D eigenvalue weighted by Crippen LogP contribution is -2.32. The predicted octanol–water partition coefficient (Wildman–Crippen LogP) is 2.30. The number of hydrogen-bond acceptors (Lipinski definition) is 2. The van der Waals surface area contributed by atoms with Gasteiger partial charge in [-0.05, 0) is 26.7 Å². The topological polar surface area (TPSA) is 59.1 Å². The molecule has 3 heteroatoms. The van der Waals surface area contributed by atoms with Gasteiger partial charge in [0.1, 0.15) is 0 Å². The van der Waals surface area contributed by atoms with Gasteiger partial charge in [0.2, 0.25) is 0 Å². The van der Waals surface area contributed by atoms with Gasteiger partial charge in [-0.2, -0.15) is 0 Å². The number of nitrogens with one attached hydrogen (secondary N) is 1. The molecule has 0 amide bonds. The zero-order chi connectivity index (χ0) is 10.5. The zero-order valence-corrected chi connectivity index (χ0v) is 9.18. The highest BCUT2D eigenvalue weighted by Gasteiger charge is 2.20. The van der Waals surface area contributed by atoms with E-state index in [4.69, 9.17) is 15.9 Å². The van der Waals surface area contributed by atoms with Crippen molar-refractivity contribution in [3.05, 3.63) is 0 Å². The monoisotopic (exact) mass is 186 g/mol. The number of hydrogen-bond donors (Lipinski definition) is 2. The molecule has 0 aliphatic rings. The summed E-state index contributed by atoms with van der Waals surface area (Å²) < 4.78 is 5.83. The van der Waals surface area contributed by atoms with Crippen LogP contribution >= 0.6 is 0 Å². The molecule has 1 atom stereocenters. The van der Waals surface area contributed by atoms with Crippen LogP contribution in [0.5, 0.6) is 0 Å². The van der Waals surface area contributed by atoms with Crippen LogP contribution in [0.4, 0.5) is 0 Å². The Morgan fingerprint density at radius 1 is 1.46 bits per heavy atom. The SMILES string of the molecule is CCC(CC(=N)N)OC(C)(C)CC. The van der Waals surface area contributed by atoms with E-state index in [-0.39, 0.29) is 17.5 Å². The van der Waals surface area contributed by atoms with E-state index >= 15 is 0 Å². The van der Waals surface area contributed by atoms with Crippen LogP contribution in [0.15, 0.2) is 0 Å². The molecule has 0 aliphatic heterocycles. The fraction of sp³-hybridized carbons (Fsp3) is 0.900. The van der Waals surface area contributed by atoms with Gasteiger partial charge in [0.15, 0.2) is 0 Å². The minimum atomic E-state index is -0.101. The minimum absolute atomic E-state index is 0.0902. The molecule has 1 unspecified atom stereocenters. The van der Waals surface area contributed by atoms with E-state index in [1.807, 2.05) is 0 Å². The molecule has 0 saturated carbocycles. The third-order valence-electron chi connectivity index (χ3n) is 2.24. The molecule has 0 aromatic carbocycles. The van der Waals surface area contributed by atoms with Crippen molar-refractivity contribution < 1.29 is 4.74 Å². The van der Waals surface area contributed by atoms with E-state index < -0.39 is 0 Å². The molecule has 0 aromatic rings. The van der Waals surface area contributed by atoms with Crippen molar-refractivity contribution in [2.45, 2.75) is 58.7 Å². The van der Waals surface area contributed by atoms with Crippen molar-refractivity contribution >= 4 is 5.84 Å². The van der Waals surface area contributed by atoms with Gasteiger partial charge in [0.05, 0.1) is 17.5 Å². The number of ether oxygens (including phenoxy) is 1. The van der Waals surface area contributed by atoms with Gasteiger partial charge in [-0.3, -0.25) is 5.41 Å². The summed E-state index contributed by atoms with van der Waals surface area (Å²) in [6.45, 7) is 8.28. The van der Waals surface area contributed by atoms with Crippen LogP contribution in [-0.2, 0) is 4.74 Å². The molecule has 0 fully saturated rings. The summed E-state index contributed by atoms with van der Waals surface area (Å²) in [7, 11) is 0. The Kier molecular flexibility index (Phi) is 4.99. The second kappa shape index (κ2) is 5.22. The van der Waals surface area contributed by atoms with Gasteiger partial charge in [0.25, 0.3) is 0 Å². The largest absolute Gasteiger partial charge is 0.388 e. The Morgan fingerprint density at radius 3 is 2.31 bits per heavy atom. The number of nitrogens with two attached hydrogens (primary N) is 1. The van der Waals surface area contributed by atoms with Crippen molar-refractivity contribution in [1.29, 1.82) is 5.41 Å². The molecular formula is C10H22N2O. The summed E-state index contributed by atoms with van der Waals surface area (Å²) in [5, 5.41) is 7.19. The van der Waals surface area contributed by atoms with Gasteiger partial charge in [-0.1, -0.05) is 13.8 Å². The Morgan fingerprint density at radius 2 is 2.00 bits per heavy atom. The average Bonchev–Trinajstić information content (AvgIpc) is 2.02. The standard InChI is InChI=1S/C10H22N2O/c1-5-8(7-9(11)12)13-10(3,4)6-2/h8H,5-7H2,1-4H3,(H3,11,12). The Hall–Kier alpha value is -0.570. The molecular weight excluding hydrogens is 164 g/mol. The van der Waals surface area contributed by atoms with Crippen LogP contribution in [0.3, 0.4) is 0 Å². The predicted molar refractivity (Wildman–Crippen MR) is 56.1 cm³/mol. The summed E-state index contributed by atoms with van der Waals surface area (Å²) in [5.74, 6) is 0.207. The average molecular weight is 186 g/mol. The molecule has 0 rings (SSSR count). The minimum Gasteiger partial charge on any atom is -0.388 e. The highest BCUT2D eigenvalue weighted by molar-refractivity contribution is 5.77. The second-order valence-corrected chi connectivity index (χ2v) is 3.99. The summed E-state index contributed by atoms with van der Waals surface area (Å²) in [5.41, 5.74) is 5.23. The van der Waals surface area contributed by atoms with Crippen molar-refractivity contribution in [3.63, 3.8) is 0 Å². The maximum atomic E-state index is 7.19. The fourth-order valence-electron chi connectivity index (χ4n) is 1.05. The molecule has 0 aromatic heterocycles. The van der Waals surface area contributed by atoms with Crippen LogP contribution in [-0.4, -0.2) is 17.5 Å². The first-order valence-corrected chi connectivity index (χ1v) is 4.92. The Labute approximate surface area is 81.2 Å². The van der Waals surface area contributed by atoms with Crippen LogP contribution < -0.4 is 5.73 Å². The molecule has 0 spiro atoms. The van der Waals surface area contributed by atoms with Crippen molar-refractivity contribution in [1.82, 2.24) is 0 Å². The molecule has 0 radical (unpaired) electrons. The number of amidine groups is 1. The Balaban J connectivity index is 4.04. The summed E-state index contributed by atoms with van der Waals surface area (Å²) in [6.07, 6.45) is 2.51. The quantitative estimate of drug-likeness (QED) is 0.494. The van der Waals surface area contributed by atoms with Gasteiger partial charge in [-0.15, -0.1) is 0 Å². The lowest BCUT2D eigenvalue weighted by molar-refractivity contribution is -0.0713. The molecule has 0 aliphatic carbocycles. The second-order valence-electron chi connectivity index (χ2n) is 3.99. The summed E-state index contributed by atoms with van der Waals surface area (Å²) in [4.78, 5) is 0. The first-order valence-electron chi connectivity index (χ1n) is 4.92.